The summed E-state index contributed by atoms with van der Waals surface area (Å²) < 4.78 is 27.8. The van der Waals surface area contributed by atoms with Crippen LogP contribution >= 0.6 is 15.9 Å². The van der Waals surface area contributed by atoms with E-state index in [1.807, 2.05) is 67.6 Å². The van der Waals surface area contributed by atoms with Gasteiger partial charge in [0, 0.05) is 23.5 Å². The molecule has 2 amide bonds. The van der Waals surface area contributed by atoms with Crippen molar-refractivity contribution < 1.29 is 18.0 Å². The van der Waals surface area contributed by atoms with Crippen molar-refractivity contribution in [1.29, 1.82) is 0 Å². The predicted molar refractivity (Wildman–Crippen MR) is 162 cm³/mol. The molecule has 3 aromatic rings. The zero-order valence-electron chi connectivity index (χ0n) is 22.9. The molecule has 1 aliphatic rings. The molecule has 0 aliphatic heterocycles. The van der Waals surface area contributed by atoms with Gasteiger partial charge in [-0.15, -0.1) is 0 Å². The van der Waals surface area contributed by atoms with E-state index in [1.54, 1.807) is 18.2 Å². The Hall–Kier alpha value is -3.17. The van der Waals surface area contributed by atoms with Crippen LogP contribution in [0.5, 0.6) is 0 Å². The summed E-state index contributed by atoms with van der Waals surface area (Å²) in [5.41, 5.74) is 3.01. The lowest BCUT2D eigenvalue weighted by Crippen LogP contribution is -2.54. The van der Waals surface area contributed by atoms with E-state index in [-0.39, 0.29) is 18.5 Å². The van der Waals surface area contributed by atoms with Gasteiger partial charge in [-0.25, -0.2) is 8.42 Å². The molecular formula is C31H36BrN3O4S. The van der Waals surface area contributed by atoms with Crippen molar-refractivity contribution in [2.24, 2.45) is 0 Å². The number of hydrogen-bond acceptors (Lipinski definition) is 4. The Balaban J connectivity index is 1.71. The predicted octanol–water partition coefficient (Wildman–Crippen LogP) is 5.22. The van der Waals surface area contributed by atoms with Crippen molar-refractivity contribution in [3.8, 4) is 0 Å². The third-order valence-electron chi connectivity index (χ3n) is 7.28. The van der Waals surface area contributed by atoms with Crippen molar-refractivity contribution in [1.82, 2.24) is 10.2 Å². The zero-order chi connectivity index (χ0) is 28.7. The summed E-state index contributed by atoms with van der Waals surface area (Å²) in [6.45, 7) is 1.61. The second kappa shape index (κ2) is 13.5. The zero-order valence-corrected chi connectivity index (χ0v) is 25.3. The first kappa shape index (κ1) is 29.8. The lowest BCUT2D eigenvalue weighted by Gasteiger charge is -2.34. The molecule has 0 aromatic heterocycles. The molecule has 1 atom stereocenters. The number of benzene rings is 3. The maximum atomic E-state index is 14.1. The fourth-order valence-corrected chi connectivity index (χ4v) is 6.19. The summed E-state index contributed by atoms with van der Waals surface area (Å²) >= 11 is 3.45. The topological polar surface area (TPSA) is 86.8 Å². The van der Waals surface area contributed by atoms with E-state index >= 15 is 0 Å². The Bertz CT molecular complexity index is 1410. The molecule has 0 saturated heterocycles. The largest absolute Gasteiger partial charge is 0.352 e. The molecule has 1 saturated carbocycles. The van der Waals surface area contributed by atoms with E-state index in [0.29, 0.717) is 12.1 Å². The average molecular weight is 627 g/mol. The van der Waals surface area contributed by atoms with Crippen molar-refractivity contribution in [3.63, 3.8) is 0 Å². The van der Waals surface area contributed by atoms with E-state index in [0.717, 1.165) is 57.4 Å². The highest BCUT2D eigenvalue weighted by Gasteiger charge is 2.34. The van der Waals surface area contributed by atoms with Gasteiger partial charge in [-0.3, -0.25) is 13.9 Å². The number of aryl methyl sites for hydroxylation is 1. The third-order valence-corrected chi connectivity index (χ3v) is 9.31. The van der Waals surface area contributed by atoms with Crippen molar-refractivity contribution in [2.75, 3.05) is 17.1 Å². The minimum absolute atomic E-state index is 0.0812. The number of hydrogen-bond donors (Lipinski definition) is 1. The number of amides is 2. The fourth-order valence-electron chi connectivity index (χ4n) is 5.10. The Kier molecular flexibility index (Phi) is 10.0. The lowest BCUT2D eigenvalue weighted by molar-refractivity contribution is -0.140. The van der Waals surface area contributed by atoms with Gasteiger partial charge in [0.25, 0.3) is 0 Å². The van der Waals surface area contributed by atoms with Crippen LogP contribution in [0.3, 0.4) is 0 Å². The molecule has 9 heteroatoms. The number of nitrogens with one attached hydrogen (secondary N) is 1. The number of carbonyl (C=O) groups is 2. The van der Waals surface area contributed by atoms with Crippen molar-refractivity contribution in [2.45, 2.75) is 57.7 Å². The number of halogens is 1. The van der Waals surface area contributed by atoms with Gasteiger partial charge in [0.1, 0.15) is 12.6 Å². The molecule has 0 spiro atoms. The van der Waals surface area contributed by atoms with Crippen LogP contribution in [0.25, 0.3) is 0 Å². The molecule has 40 heavy (non-hydrogen) atoms. The van der Waals surface area contributed by atoms with Crippen LogP contribution in [-0.2, 0) is 32.6 Å². The van der Waals surface area contributed by atoms with Gasteiger partial charge >= 0.3 is 0 Å². The van der Waals surface area contributed by atoms with Crippen LogP contribution in [0.4, 0.5) is 5.69 Å². The molecule has 1 fully saturated rings. The smallest absolute Gasteiger partial charge is 0.244 e. The Morgan fingerprint density at radius 3 is 2.12 bits per heavy atom. The maximum Gasteiger partial charge on any atom is 0.244 e. The van der Waals surface area contributed by atoms with E-state index in [4.69, 9.17) is 0 Å². The first-order valence-corrected chi connectivity index (χ1v) is 16.2. The summed E-state index contributed by atoms with van der Waals surface area (Å²) in [6.07, 6.45) is 5.37. The molecule has 1 N–H and O–H groups in total. The SMILES string of the molecule is Cc1cc(N(CC(=O)N(Cc2ccccc2)[C@H](Cc2ccccc2)C(=O)NC2CCCC2)S(C)(=O)=O)ccc1Br. The van der Waals surface area contributed by atoms with Gasteiger partial charge in [0.15, 0.2) is 0 Å². The molecule has 7 nitrogen and oxygen atoms in total. The van der Waals surface area contributed by atoms with Gasteiger partial charge in [0.2, 0.25) is 21.8 Å². The van der Waals surface area contributed by atoms with Crippen LogP contribution < -0.4 is 9.62 Å². The van der Waals surface area contributed by atoms with Gasteiger partial charge in [-0.2, -0.15) is 0 Å². The second-order valence-corrected chi connectivity index (χ2v) is 13.2. The van der Waals surface area contributed by atoms with Crippen LogP contribution in [-0.4, -0.2) is 50.0 Å². The lowest BCUT2D eigenvalue weighted by atomic mass is 10.0. The molecule has 212 valence electrons. The third kappa shape index (κ3) is 7.95. The fraction of sp³-hybridized carbons (Fsp3) is 0.355. The molecule has 0 bridgehead atoms. The first-order chi connectivity index (χ1) is 19.1. The van der Waals surface area contributed by atoms with E-state index in [1.165, 1.54) is 4.90 Å². The molecule has 1 aliphatic carbocycles. The quantitative estimate of drug-likeness (QED) is 0.316. The number of nitrogens with zero attached hydrogens (tertiary/aromatic N) is 2. The minimum Gasteiger partial charge on any atom is -0.352 e. The number of rotatable bonds is 11. The van der Waals surface area contributed by atoms with Gasteiger partial charge in [-0.1, -0.05) is 89.4 Å². The van der Waals surface area contributed by atoms with Crippen LogP contribution in [0.1, 0.15) is 42.4 Å². The highest BCUT2D eigenvalue weighted by molar-refractivity contribution is 9.10. The highest BCUT2D eigenvalue weighted by atomic mass is 79.9. The summed E-state index contributed by atoms with van der Waals surface area (Å²) in [6, 6.07) is 23.5. The Morgan fingerprint density at radius 2 is 1.55 bits per heavy atom. The molecule has 0 heterocycles. The van der Waals surface area contributed by atoms with E-state index in [9.17, 15) is 18.0 Å². The van der Waals surface area contributed by atoms with E-state index in [2.05, 4.69) is 21.2 Å². The average Bonchev–Trinajstić information content (AvgIpc) is 3.44. The van der Waals surface area contributed by atoms with Crippen molar-refractivity contribution >= 4 is 43.5 Å². The van der Waals surface area contributed by atoms with Crippen LogP contribution in [0.2, 0.25) is 0 Å². The second-order valence-electron chi connectivity index (χ2n) is 10.4. The molecule has 0 radical (unpaired) electrons. The molecular weight excluding hydrogens is 590 g/mol. The molecule has 0 unspecified atom stereocenters. The standard InChI is InChI=1S/C31H36BrN3O4S/c1-23-19-27(17-18-28(23)32)35(40(2,38)39)22-30(36)34(21-25-13-7-4-8-14-25)29(20-24-11-5-3-6-12-24)31(37)33-26-15-9-10-16-26/h3-8,11-14,17-19,26,29H,9-10,15-16,20-22H2,1-2H3,(H,33,37)/t29-/m1/s1. The maximum absolute atomic E-state index is 14.1. The number of sulfonamides is 1. The number of carbonyl (C=O) groups excluding carboxylic acids is 2. The summed E-state index contributed by atoms with van der Waals surface area (Å²) in [4.78, 5) is 29.5. The minimum atomic E-state index is -3.80. The first-order valence-electron chi connectivity index (χ1n) is 13.5. The van der Waals surface area contributed by atoms with Crippen LogP contribution in [0.15, 0.2) is 83.3 Å². The highest BCUT2D eigenvalue weighted by Crippen LogP contribution is 2.26. The Morgan fingerprint density at radius 1 is 0.950 bits per heavy atom. The van der Waals surface area contributed by atoms with Gasteiger partial charge < -0.3 is 10.2 Å². The normalized spacial score (nSPS) is 14.5. The summed E-state index contributed by atoms with van der Waals surface area (Å²) in [5, 5.41) is 3.18. The van der Waals surface area contributed by atoms with Gasteiger partial charge in [0.05, 0.1) is 11.9 Å². The summed E-state index contributed by atoms with van der Waals surface area (Å²) in [5.74, 6) is -0.664. The molecule has 4 rings (SSSR count). The van der Waals surface area contributed by atoms with Crippen molar-refractivity contribution in [3.05, 3.63) is 100 Å². The van der Waals surface area contributed by atoms with E-state index < -0.39 is 28.5 Å². The van der Waals surface area contributed by atoms with Gasteiger partial charge in [-0.05, 0) is 54.7 Å². The monoisotopic (exact) mass is 625 g/mol. The van der Waals surface area contributed by atoms with Crippen LogP contribution in [0, 0.1) is 6.92 Å². The number of anilines is 1. The molecule has 3 aromatic carbocycles. The summed E-state index contributed by atoms with van der Waals surface area (Å²) in [7, 11) is -3.80. The Labute approximate surface area is 245 Å².